The van der Waals surface area contributed by atoms with Gasteiger partial charge in [-0.15, -0.1) is 0 Å². The number of hydrogen-bond acceptors (Lipinski definition) is 14. The molecule has 3 aliphatic heterocycles. The van der Waals surface area contributed by atoms with Gasteiger partial charge < -0.3 is 49.8 Å². The molecule has 2 aromatic rings. The molecular formula is C46H65N3O12. The number of phenols is 3. The minimum Gasteiger partial charge on any atom is -0.507 e. The molecule has 15 heteroatoms. The Balaban J connectivity index is 1.99. The van der Waals surface area contributed by atoms with Gasteiger partial charge in [0.1, 0.15) is 23.4 Å². The van der Waals surface area contributed by atoms with Crippen molar-refractivity contribution in [1.82, 2.24) is 5.01 Å². The van der Waals surface area contributed by atoms with Crippen molar-refractivity contribution in [2.45, 2.75) is 125 Å². The predicted octanol–water partition coefficient (Wildman–Crippen LogP) is 6.99. The molecule has 0 spiro atoms. The van der Waals surface area contributed by atoms with Gasteiger partial charge in [0, 0.05) is 74.2 Å². The second kappa shape index (κ2) is 20.6. The maximum atomic E-state index is 14.5. The number of anilines is 1. The number of rotatable bonds is 10. The summed E-state index contributed by atoms with van der Waals surface area (Å²) in [7, 11) is 1.44. The zero-order chi connectivity index (χ0) is 45.5. The van der Waals surface area contributed by atoms with Crippen LogP contribution < -0.4 is 10.1 Å². The third kappa shape index (κ3) is 10.3. The molecule has 0 radical (unpaired) electrons. The van der Waals surface area contributed by atoms with Gasteiger partial charge >= 0.3 is 11.8 Å². The molecule has 336 valence electrons. The number of hydrazone groups is 1. The van der Waals surface area contributed by atoms with Gasteiger partial charge in [0.15, 0.2) is 5.75 Å². The molecule has 1 amide bonds. The maximum absolute atomic E-state index is 14.5. The molecule has 0 aromatic heterocycles. The quantitative estimate of drug-likeness (QED) is 0.0468. The molecule has 0 saturated carbocycles. The molecule has 5 bridgehead atoms. The van der Waals surface area contributed by atoms with Crippen molar-refractivity contribution in [1.29, 1.82) is 0 Å². The molecule has 0 fully saturated rings. The number of amides is 1. The Morgan fingerprint density at radius 2 is 1.57 bits per heavy atom. The first-order valence-electron chi connectivity index (χ1n) is 21.1. The first-order chi connectivity index (χ1) is 28.8. The molecule has 9 atom stereocenters. The fourth-order valence-electron chi connectivity index (χ4n) is 7.92. The number of fused-ring (bicyclic) bond motifs is 14. The number of allylic oxidation sites excluding steroid dienone is 2. The van der Waals surface area contributed by atoms with E-state index in [2.05, 4.69) is 24.3 Å². The fraction of sp³-hybridized carbons (Fsp3) is 0.565. The summed E-state index contributed by atoms with van der Waals surface area (Å²) in [5, 5.41) is 67.3. The number of ether oxygens (including phenoxy) is 4. The van der Waals surface area contributed by atoms with Crippen molar-refractivity contribution in [3.05, 3.63) is 52.8 Å². The Morgan fingerprint density at radius 3 is 2.16 bits per heavy atom. The topological polar surface area (TPSA) is 217 Å². The molecule has 15 nitrogen and oxygen atoms in total. The number of esters is 1. The fourth-order valence-corrected chi connectivity index (χ4v) is 7.92. The zero-order valence-electron chi connectivity index (χ0n) is 37.3. The minimum atomic E-state index is -2.05. The summed E-state index contributed by atoms with van der Waals surface area (Å²) < 4.78 is 23.7. The van der Waals surface area contributed by atoms with Crippen LogP contribution >= 0.6 is 0 Å². The number of phenolic OH excluding ortho intramolecular Hbond substituents is 3. The number of Topliss-reactive ketones (excluding diaryl/α,β-unsaturated/α-hetero) is 1. The van der Waals surface area contributed by atoms with Crippen LogP contribution in [0.1, 0.15) is 109 Å². The zero-order valence-corrected chi connectivity index (χ0v) is 37.3. The van der Waals surface area contributed by atoms with Crippen molar-refractivity contribution < 1.29 is 58.9 Å². The Hall–Kier alpha value is -5.12. The van der Waals surface area contributed by atoms with Crippen LogP contribution in [0.3, 0.4) is 0 Å². The lowest BCUT2D eigenvalue weighted by molar-refractivity contribution is -0.160. The molecule has 3 heterocycles. The molecule has 2 aromatic carbocycles. The van der Waals surface area contributed by atoms with E-state index >= 15 is 0 Å². The van der Waals surface area contributed by atoms with Crippen molar-refractivity contribution in [2.75, 3.05) is 25.5 Å². The van der Waals surface area contributed by atoms with Gasteiger partial charge in [-0.1, -0.05) is 72.6 Å². The summed E-state index contributed by atoms with van der Waals surface area (Å²) in [5.74, 6) is -8.32. The first kappa shape index (κ1) is 48.5. The standard InChI is InChI=1S/C46H65N3O12/c1-12-14-20-49(21-15-13-2)47-23-31-36-41(55)34-33(40(31)54)35-43(29(8)39(34)53)61-46(10,44(35)56)59-22-19-32(58-11)26(5)42(60-30(9)50)28(7)38(52)27(6)37(51)24(3)17-16-18-25(4)45(57)48-36/h16-19,22-24,26-28,32,37-38,42,51-55H,12-15,20-21H2,1-11H3,(H,48,57)/b17-16+,22-19+,25-18+,47-23+. The molecule has 9 unspecified atom stereocenters. The Bertz CT molecular complexity index is 2050. The highest BCUT2D eigenvalue weighted by atomic mass is 16.7. The van der Waals surface area contributed by atoms with Gasteiger partial charge in [0.25, 0.3) is 11.7 Å². The van der Waals surface area contributed by atoms with Crippen LogP contribution in [0.5, 0.6) is 23.0 Å². The number of aliphatic hydroxyl groups is 2. The highest BCUT2D eigenvalue weighted by Crippen LogP contribution is 2.55. The Morgan fingerprint density at radius 1 is 0.934 bits per heavy atom. The molecule has 6 N–H and O–H groups in total. The van der Waals surface area contributed by atoms with E-state index in [0.29, 0.717) is 13.1 Å². The predicted molar refractivity (Wildman–Crippen MR) is 233 cm³/mol. The number of hydrogen-bond donors (Lipinski definition) is 6. The van der Waals surface area contributed by atoms with Crippen molar-refractivity contribution in [3.63, 3.8) is 0 Å². The summed E-state index contributed by atoms with van der Waals surface area (Å²) in [6, 6.07) is 0. The van der Waals surface area contributed by atoms with Crippen LogP contribution in [0.15, 0.2) is 41.2 Å². The van der Waals surface area contributed by atoms with Crippen LogP contribution in [0, 0.1) is 30.6 Å². The highest BCUT2D eigenvalue weighted by Gasteiger charge is 2.50. The van der Waals surface area contributed by atoms with E-state index in [1.165, 1.54) is 59.4 Å². The van der Waals surface area contributed by atoms with Gasteiger partial charge in [0.05, 0.1) is 53.0 Å². The van der Waals surface area contributed by atoms with E-state index < -0.39 is 88.8 Å². The number of nitrogens with zero attached hydrogens (tertiary/aromatic N) is 2. The summed E-state index contributed by atoms with van der Waals surface area (Å²) in [4.78, 5) is 40.7. The second-order valence-electron chi connectivity index (χ2n) is 16.5. The van der Waals surface area contributed by atoms with Gasteiger partial charge in [0.2, 0.25) is 0 Å². The third-order valence-electron chi connectivity index (χ3n) is 11.9. The lowest BCUT2D eigenvalue weighted by atomic mass is 9.78. The smallest absolute Gasteiger partial charge is 0.312 e. The van der Waals surface area contributed by atoms with Crippen LogP contribution in [0.2, 0.25) is 0 Å². The van der Waals surface area contributed by atoms with Gasteiger partial charge in [-0.25, -0.2) is 0 Å². The largest absolute Gasteiger partial charge is 0.507 e. The average molecular weight is 852 g/mol. The van der Waals surface area contributed by atoms with Crippen LogP contribution in [-0.2, 0) is 23.8 Å². The van der Waals surface area contributed by atoms with Crippen molar-refractivity contribution in [3.8, 4) is 23.0 Å². The number of aliphatic hydroxyl groups excluding tert-OH is 2. The number of aromatic hydroxyl groups is 3. The van der Waals surface area contributed by atoms with E-state index in [0.717, 1.165) is 25.7 Å². The van der Waals surface area contributed by atoms with Crippen molar-refractivity contribution >= 4 is 40.3 Å². The monoisotopic (exact) mass is 851 g/mol. The number of methoxy groups -OCH3 is 1. The van der Waals surface area contributed by atoms with E-state index in [1.807, 2.05) is 5.01 Å². The van der Waals surface area contributed by atoms with E-state index in [-0.39, 0.29) is 44.5 Å². The molecular weight excluding hydrogens is 787 g/mol. The van der Waals surface area contributed by atoms with E-state index in [1.54, 1.807) is 39.8 Å². The van der Waals surface area contributed by atoms with E-state index in [9.17, 15) is 39.9 Å². The number of carbonyl (C=O) groups is 3. The molecule has 5 rings (SSSR count). The Labute approximate surface area is 358 Å². The lowest BCUT2D eigenvalue weighted by Crippen LogP contribution is -2.46. The van der Waals surface area contributed by atoms with Crippen molar-refractivity contribution in [2.24, 2.45) is 28.8 Å². The summed E-state index contributed by atoms with van der Waals surface area (Å²) in [6.07, 6.45) is 8.39. The molecule has 3 aliphatic rings. The summed E-state index contributed by atoms with van der Waals surface area (Å²) in [5.41, 5.74) is -0.326. The summed E-state index contributed by atoms with van der Waals surface area (Å²) >= 11 is 0. The lowest BCUT2D eigenvalue weighted by Gasteiger charge is -2.38. The highest BCUT2D eigenvalue weighted by molar-refractivity contribution is 6.23. The second-order valence-corrected chi connectivity index (χ2v) is 16.5. The van der Waals surface area contributed by atoms with Crippen LogP contribution in [0.25, 0.3) is 10.8 Å². The van der Waals surface area contributed by atoms with Gasteiger partial charge in [-0.3, -0.25) is 19.4 Å². The number of benzene rings is 2. The average Bonchev–Trinajstić information content (AvgIpc) is 3.49. The van der Waals surface area contributed by atoms with Crippen LogP contribution in [0.4, 0.5) is 5.69 Å². The van der Waals surface area contributed by atoms with E-state index in [4.69, 9.17) is 18.9 Å². The SMILES string of the molecule is CCCCN(CCCC)/N=C/c1c2c(O)c3c(O)c(C)c4c(c3c1O)C(=O)C(C)(O/C=C/C(OC)C(C)C(OC(C)=O)C(C)C(O)C(C)C(O)C(C)/C=C/C=C(\C)C(=O)N2)O4. The normalized spacial score (nSPS) is 29.5. The molecule has 0 aliphatic carbocycles. The Kier molecular flexibility index (Phi) is 16.4. The number of nitrogens with one attached hydrogen (secondary N) is 1. The number of ketones is 1. The molecule has 0 saturated heterocycles. The molecule has 61 heavy (non-hydrogen) atoms. The summed E-state index contributed by atoms with van der Waals surface area (Å²) in [6.45, 7) is 17.9. The maximum Gasteiger partial charge on any atom is 0.312 e. The number of unbranched alkanes of at least 4 members (excludes halogenated alkanes) is 2. The third-order valence-corrected chi connectivity index (χ3v) is 11.9. The minimum absolute atomic E-state index is 0.0586. The number of carbonyl (C=O) groups excluding carboxylic acids is 3. The first-order valence-corrected chi connectivity index (χ1v) is 21.1. The van der Waals surface area contributed by atoms with Gasteiger partial charge in [-0.2, -0.15) is 5.10 Å². The van der Waals surface area contributed by atoms with Gasteiger partial charge in [-0.05, 0) is 32.8 Å². The van der Waals surface area contributed by atoms with Crippen LogP contribution in [-0.4, -0.2) is 105 Å².